The van der Waals surface area contributed by atoms with Crippen LogP contribution in [-0.4, -0.2) is 30.3 Å². The van der Waals surface area contributed by atoms with Crippen LogP contribution in [0.5, 0.6) is 0 Å². The molecule has 3 aliphatic rings. The van der Waals surface area contributed by atoms with E-state index in [2.05, 4.69) is 33.4 Å². The summed E-state index contributed by atoms with van der Waals surface area (Å²) in [6, 6.07) is 21.4. The van der Waals surface area contributed by atoms with Crippen molar-refractivity contribution in [3.63, 3.8) is 0 Å². The number of rotatable bonds is 6. The van der Waals surface area contributed by atoms with Crippen molar-refractivity contribution >= 4 is 62.6 Å². The first-order chi connectivity index (χ1) is 18.8. The molecule has 7 nitrogen and oxygen atoms in total. The number of imide groups is 1. The Kier molecular flexibility index (Phi) is 6.77. The van der Waals surface area contributed by atoms with Gasteiger partial charge in [0, 0.05) is 10.2 Å². The lowest BCUT2D eigenvalue weighted by Crippen LogP contribution is -2.33. The highest BCUT2D eigenvalue weighted by Gasteiger charge is 2.64. The first-order valence-electron chi connectivity index (χ1n) is 12.8. The van der Waals surface area contributed by atoms with Gasteiger partial charge in [0.15, 0.2) is 6.61 Å². The number of esters is 1. The van der Waals surface area contributed by atoms with E-state index in [9.17, 15) is 19.2 Å². The number of ether oxygens (including phenoxy) is 1. The molecule has 0 aromatic heterocycles. The van der Waals surface area contributed by atoms with E-state index in [4.69, 9.17) is 16.3 Å². The summed E-state index contributed by atoms with van der Waals surface area (Å²) < 4.78 is 5.88. The van der Waals surface area contributed by atoms with Crippen LogP contribution in [0.25, 0.3) is 0 Å². The molecule has 2 aliphatic carbocycles. The van der Waals surface area contributed by atoms with E-state index in [0.717, 1.165) is 12.8 Å². The van der Waals surface area contributed by atoms with Crippen LogP contribution in [-0.2, 0) is 19.1 Å². The van der Waals surface area contributed by atoms with Gasteiger partial charge in [-0.25, -0.2) is 4.79 Å². The summed E-state index contributed by atoms with van der Waals surface area (Å²) in [5.74, 6) is -1.71. The smallest absolute Gasteiger partial charge is 0.338 e. The van der Waals surface area contributed by atoms with Crippen LogP contribution in [0.4, 0.5) is 11.4 Å². The molecular weight excluding hydrogens is 584 g/mol. The monoisotopic (exact) mass is 606 g/mol. The zero-order valence-corrected chi connectivity index (χ0v) is 23.0. The number of carbonyl (C=O) groups is 4. The quantitative estimate of drug-likeness (QED) is 0.281. The molecule has 1 N–H and O–H groups in total. The lowest BCUT2D eigenvalue weighted by Gasteiger charge is -2.28. The minimum absolute atomic E-state index is 0.135. The summed E-state index contributed by atoms with van der Waals surface area (Å²) in [4.78, 5) is 53.3. The largest absolute Gasteiger partial charge is 0.452 e. The highest BCUT2D eigenvalue weighted by atomic mass is 79.9. The molecule has 2 saturated carbocycles. The lowest BCUT2D eigenvalue weighted by molar-refractivity contribution is -0.123. The molecule has 3 aromatic rings. The van der Waals surface area contributed by atoms with Gasteiger partial charge in [-0.15, -0.1) is 0 Å². The van der Waals surface area contributed by atoms with Gasteiger partial charge in [-0.2, -0.15) is 0 Å². The lowest BCUT2D eigenvalue weighted by atomic mass is 9.73. The Morgan fingerprint density at radius 2 is 1.72 bits per heavy atom. The molecule has 0 unspecified atom stereocenters. The van der Waals surface area contributed by atoms with Crippen LogP contribution in [0.1, 0.15) is 34.7 Å². The number of nitrogens with zero attached hydrogens (tertiary/aromatic N) is 1. The van der Waals surface area contributed by atoms with Crippen LogP contribution in [0.15, 0.2) is 77.3 Å². The summed E-state index contributed by atoms with van der Waals surface area (Å²) in [6.07, 6.45) is 1.80. The molecule has 3 aromatic carbocycles. The molecule has 0 spiro atoms. The van der Waals surface area contributed by atoms with E-state index in [0.29, 0.717) is 20.9 Å². The number of amides is 3. The van der Waals surface area contributed by atoms with Crippen molar-refractivity contribution in [3.05, 3.63) is 93.4 Å². The number of anilines is 2. The second kappa shape index (κ2) is 10.2. The first kappa shape index (κ1) is 25.8. The fourth-order valence-corrected chi connectivity index (χ4v) is 6.98. The number of hydrogen-bond acceptors (Lipinski definition) is 5. The molecule has 1 aliphatic heterocycles. The fourth-order valence-electron chi connectivity index (χ4n) is 6.55. The first-order valence-corrected chi connectivity index (χ1v) is 13.9. The van der Waals surface area contributed by atoms with Crippen molar-refractivity contribution in [3.8, 4) is 0 Å². The molecule has 1 saturated heterocycles. The summed E-state index contributed by atoms with van der Waals surface area (Å²) >= 11 is 9.33. The van der Waals surface area contributed by atoms with Gasteiger partial charge < -0.3 is 10.1 Å². The van der Waals surface area contributed by atoms with E-state index in [1.807, 2.05) is 18.2 Å². The number of benzene rings is 3. The van der Waals surface area contributed by atoms with Gasteiger partial charge in [0.2, 0.25) is 11.8 Å². The summed E-state index contributed by atoms with van der Waals surface area (Å²) in [5, 5.41) is 3.05. The van der Waals surface area contributed by atoms with Crippen molar-refractivity contribution in [2.75, 3.05) is 16.8 Å². The summed E-state index contributed by atoms with van der Waals surface area (Å²) in [7, 11) is 0. The van der Waals surface area contributed by atoms with E-state index in [1.165, 1.54) is 22.6 Å². The Balaban J connectivity index is 1.13. The molecule has 2 bridgehead atoms. The van der Waals surface area contributed by atoms with E-state index in [1.54, 1.807) is 30.3 Å². The molecule has 39 heavy (non-hydrogen) atoms. The Hall–Kier alpha value is -3.49. The minimum atomic E-state index is -0.732. The van der Waals surface area contributed by atoms with Gasteiger partial charge in [-0.05, 0) is 88.5 Å². The number of hydrogen-bond donors (Lipinski definition) is 1. The number of halogens is 2. The minimum Gasteiger partial charge on any atom is -0.452 e. The van der Waals surface area contributed by atoms with Crippen LogP contribution < -0.4 is 10.2 Å². The Morgan fingerprint density at radius 3 is 2.49 bits per heavy atom. The third-order valence-corrected chi connectivity index (χ3v) is 9.35. The van der Waals surface area contributed by atoms with Crippen molar-refractivity contribution in [2.45, 2.75) is 18.8 Å². The Morgan fingerprint density at radius 1 is 0.949 bits per heavy atom. The maximum absolute atomic E-state index is 13.6. The van der Waals surface area contributed by atoms with E-state index >= 15 is 0 Å². The van der Waals surface area contributed by atoms with E-state index < -0.39 is 18.5 Å². The molecule has 198 valence electrons. The van der Waals surface area contributed by atoms with Crippen LogP contribution in [0.3, 0.4) is 0 Å². The van der Waals surface area contributed by atoms with Crippen molar-refractivity contribution < 1.29 is 23.9 Å². The normalized spacial score (nSPS) is 25.1. The predicted molar refractivity (Wildman–Crippen MR) is 149 cm³/mol. The SMILES string of the molecule is O=C(COC(=O)c1cccc(N2C(=O)[C@@H]3[C@@H]4C[C@@H]([C@@H]3C2=O)[C@@H](c2ccccc2)C4)c1)Nc1ccc(Br)c(Cl)c1. The maximum atomic E-state index is 13.6. The number of nitrogens with one attached hydrogen (secondary N) is 1. The zero-order chi connectivity index (χ0) is 27.3. The van der Waals surface area contributed by atoms with Crippen molar-refractivity contribution in [1.82, 2.24) is 0 Å². The zero-order valence-electron chi connectivity index (χ0n) is 20.7. The molecule has 1 heterocycles. The fraction of sp³-hybridized carbons (Fsp3) is 0.267. The van der Waals surface area contributed by atoms with Crippen LogP contribution in [0, 0.1) is 23.7 Å². The molecule has 6 rings (SSSR count). The van der Waals surface area contributed by atoms with Crippen molar-refractivity contribution in [1.29, 1.82) is 0 Å². The van der Waals surface area contributed by atoms with Gasteiger partial charge in [0.05, 0.1) is 28.1 Å². The molecule has 3 amide bonds. The molecular formula is C30H24BrClN2O5. The van der Waals surface area contributed by atoms with Crippen molar-refractivity contribution in [2.24, 2.45) is 23.7 Å². The predicted octanol–water partition coefficient (Wildman–Crippen LogP) is 5.83. The number of carbonyl (C=O) groups excluding carboxylic acids is 4. The van der Waals surface area contributed by atoms with Gasteiger partial charge in [0.25, 0.3) is 5.91 Å². The van der Waals surface area contributed by atoms with Crippen LogP contribution >= 0.6 is 27.5 Å². The Labute approximate surface area is 238 Å². The average molecular weight is 608 g/mol. The Bertz CT molecular complexity index is 1500. The molecule has 9 heteroatoms. The second-order valence-electron chi connectivity index (χ2n) is 10.3. The topological polar surface area (TPSA) is 92.8 Å². The highest BCUT2D eigenvalue weighted by Crippen LogP contribution is 2.61. The van der Waals surface area contributed by atoms with E-state index in [-0.39, 0.29) is 47.0 Å². The summed E-state index contributed by atoms with van der Waals surface area (Å²) in [5.41, 5.74) is 2.18. The number of fused-ring (bicyclic) bond motifs is 5. The molecule has 3 fully saturated rings. The third-order valence-electron chi connectivity index (χ3n) is 8.12. The van der Waals surface area contributed by atoms with Gasteiger partial charge >= 0.3 is 5.97 Å². The summed E-state index contributed by atoms with van der Waals surface area (Å²) in [6.45, 7) is -0.507. The maximum Gasteiger partial charge on any atom is 0.338 e. The van der Waals surface area contributed by atoms with Gasteiger partial charge in [-0.3, -0.25) is 19.3 Å². The molecule has 5 atom stereocenters. The standard InChI is InChI=1S/C30H24BrClN2O5/c31-23-10-9-19(14-24(23)32)33-25(35)15-39-30(38)17-7-4-8-20(11-17)34-28(36)26-18-12-21(16-5-2-1-3-6-16)22(13-18)27(26)29(34)37/h1-11,14,18,21-22,26-27H,12-13,15H2,(H,33,35)/t18-,21+,22+,26+,27-/m0/s1. The third kappa shape index (κ3) is 4.66. The van der Waals surface area contributed by atoms with Gasteiger partial charge in [0.1, 0.15) is 0 Å². The van der Waals surface area contributed by atoms with Crippen LogP contribution in [0.2, 0.25) is 5.02 Å². The highest BCUT2D eigenvalue weighted by molar-refractivity contribution is 9.10. The molecule has 0 radical (unpaired) electrons. The average Bonchev–Trinajstić information content (AvgIpc) is 3.61. The second-order valence-corrected chi connectivity index (χ2v) is 11.5. The van der Waals surface area contributed by atoms with Gasteiger partial charge in [-0.1, -0.05) is 48.0 Å².